The number of halogens is 2. The van der Waals surface area contributed by atoms with E-state index in [4.69, 9.17) is 17.3 Å². The molecule has 2 aliphatic rings. The van der Waals surface area contributed by atoms with Crippen LogP contribution in [0.15, 0.2) is 47.1 Å². The number of aromatic amines is 1. The highest BCUT2D eigenvalue weighted by Crippen LogP contribution is 2.46. The summed E-state index contributed by atoms with van der Waals surface area (Å²) in [4.78, 5) is 24.4. The second kappa shape index (κ2) is 6.60. The number of nitrogens with one attached hydrogen (secondary N) is 2. The Morgan fingerprint density at radius 1 is 1.25 bits per heavy atom. The summed E-state index contributed by atoms with van der Waals surface area (Å²) in [7, 11) is 0. The second-order valence-corrected chi connectivity index (χ2v) is 8.61. The van der Waals surface area contributed by atoms with Crippen molar-refractivity contribution in [3.63, 3.8) is 0 Å². The predicted octanol–water partition coefficient (Wildman–Crippen LogP) is 4.13. The van der Waals surface area contributed by atoms with Crippen LogP contribution in [0.4, 0.5) is 5.69 Å². The van der Waals surface area contributed by atoms with Crippen LogP contribution in [0.1, 0.15) is 6.42 Å². The number of nitrogens with zero attached hydrogens (tertiary/aromatic N) is 2. The zero-order valence-corrected chi connectivity index (χ0v) is 17.0. The Labute approximate surface area is 174 Å². The zero-order chi connectivity index (χ0) is 19.4. The molecule has 1 aromatic carbocycles. The molecule has 142 valence electrons. The van der Waals surface area contributed by atoms with Gasteiger partial charge in [-0.25, -0.2) is 9.97 Å². The number of H-pyrrole nitrogens is 1. The minimum atomic E-state index is -0.262. The first-order valence-corrected chi connectivity index (χ1v) is 10.2. The van der Waals surface area contributed by atoms with Crippen LogP contribution in [0, 0.1) is 17.8 Å². The van der Waals surface area contributed by atoms with E-state index in [1.807, 2.05) is 24.3 Å². The lowest BCUT2D eigenvalue weighted by molar-refractivity contribution is -0.122. The van der Waals surface area contributed by atoms with Crippen molar-refractivity contribution in [3.05, 3.63) is 52.1 Å². The van der Waals surface area contributed by atoms with Gasteiger partial charge in [0.1, 0.15) is 11.3 Å². The molecule has 0 saturated heterocycles. The first-order valence-electron chi connectivity index (χ1n) is 9.05. The maximum atomic E-state index is 12.1. The quantitative estimate of drug-likeness (QED) is 0.512. The third kappa shape index (κ3) is 2.81. The summed E-state index contributed by atoms with van der Waals surface area (Å²) in [6.07, 6.45) is 6.97. The molecule has 1 saturated carbocycles. The minimum Gasteiger partial charge on any atom is -0.378 e. The minimum absolute atomic E-state index is 0.0447. The third-order valence-corrected chi connectivity index (χ3v) is 6.54. The van der Waals surface area contributed by atoms with Gasteiger partial charge in [-0.2, -0.15) is 0 Å². The average Bonchev–Trinajstić information content (AvgIpc) is 3.38. The van der Waals surface area contributed by atoms with Gasteiger partial charge in [0.15, 0.2) is 5.65 Å². The molecule has 2 bridgehead atoms. The van der Waals surface area contributed by atoms with Crippen LogP contribution in [-0.2, 0) is 4.79 Å². The Kier molecular flexibility index (Phi) is 4.17. The summed E-state index contributed by atoms with van der Waals surface area (Å²) in [5, 5.41) is 4.23. The fourth-order valence-electron chi connectivity index (χ4n) is 4.39. The Bertz CT molecular complexity index is 1110. The molecule has 2 heterocycles. The largest absolute Gasteiger partial charge is 0.378 e. The molecule has 0 radical (unpaired) electrons. The van der Waals surface area contributed by atoms with Crippen LogP contribution in [0.25, 0.3) is 22.6 Å². The van der Waals surface area contributed by atoms with Gasteiger partial charge in [0, 0.05) is 22.8 Å². The number of hydrogen-bond donors (Lipinski definition) is 3. The number of benzene rings is 1. The Morgan fingerprint density at radius 3 is 2.75 bits per heavy atom. The molecule has 5 rings (SSSR count). The average molecular weight is 459 g/mol. The molecule has 3 aromatic rings. The molecule has 28 heavy (non-hydrogen) atoms. The van der Waals surface area contributed by atoms with E-state index in [0.717, 1.165) is 27.7 Å². The number of pyridine rings is 1. The van der Waals surface area contributed by atoms with Gasteiger partial charge in [0.05, 0.1) is 16.1 Å². The van der Waals surface area contributed by atoms with Crippen molar-refractivity contribution in [2.24, 2.45) is 23.5 Å². The van der Waals surface area contributed by atoms with E-state index in [0.29, 0.717) is 16.5 Å². The normalized spacial score (nSPS) is 25.5. The molecule has 8 heteroatoms. The van der Waals surface area contributed by atoms with Crippen LogP contribution in [0.2, 0.25) is 5.02 Å². The maximum absolute atomic E-state index is 12.1. The molecule has 4 N–H and O–H groups in total. The van der Waals surface area contributed by atoms with Crippen LogP contribution in [0.3, 0.4) is 0 Å². The molecule has 2 aliphatic carbocycles. The molecule has 0 aliphatic heterocycles. The Balaban J connectivity index is 1.56. The lowest BCUT2D eigenvalue weighted by Gasteiger charge is -2.28. The second-order valence-electron chi connectivity index (χ2n) is 7.32. The molecule has 2 aromatic heterocycles. The van der Waals surface area contributed by atoms with Crippen LogP contribution >= 0.6 is 27.5 Å². The van der Waals surface area contributed by atoms with Gasteiger partial charge < -0.3 is 16.0 Å². The maximum Gasteiger partial charge on any atom is 0.223 e. The van der Waals surface area contributed by atoms with Crippen molar-refractivity contribution < 1.29 is 4.79 Å². The van der Waals surface area contributed by atoms with E-state index < -0.39 is 0 Å². The van der Waals surface area contributed by atoms with Gasteiger partial charge in [-0.1, -0.05) is 23.8 Å². The first kappa shape index (κ1) is 17.7. The summed E-state index contributed by atoms with van der Waals surface area (Å²) in [5.74, 6) is 0.726. The standard InChI is InChI=1S/C20H17BrClN5O/c21-13-8-24-20-17(26-19(27-20)9-3-5-12(22)6-4-9)16(13)25-15-11-2-1-10(7-11)14(15)18(23)28/h1-6,8,10-11,14-15H,7H2,(H2,23,28)(H2,24,25,26,27)/t10-,11+,14?,15?/m1/s1. The highest BCUT2D eigenvalue weighted by atomic mass is 79.9. The molecule has 6 nitrogen and oxygen atoms in total. The lowest BCUT2D eigenvalue weighted by Crippen LogP contribution is -2.41. The van der Waals surface area contributed by atoms with E-state index in [-0.39, 0.29) is 29.7 Å². The number of fused-ring (bicyclic) bond motifs is 3. The van der Waals surface area contributed by atoms with Gasteiger partial charge in [-0.05, 0) is 58.5 Å². The Hall–Kier alpha value is -2.38. The first-order chi connectivity index (χ1) is 13.5. The van der Waals surface area contributed by atoms with Gasteiger partial charge in [0.2, 0.25) is 5.91 Å². The summed E-state index contributed by atoms with van der Waals surface area (Å²) in [6, 6.07) is 7.42. The topological polar surface area (TPSA) is 96.7 Å². The fourth-order valence-corrected chi connectivity index (χ4v) is 4.93. The fraction of sp³-hybridized carbons (Fsp3) is 0.250. The number of carbonyl (C=O) groups is 1. The number of hydrogen-bond acceptors (Lipinski definition) is 4. The zero-order valence-electron chi connectivity index (χ0n) is 14.7. The Morgan fingerprint density at radius 2 is 2.00 bits per heavy atom. The molecule has 0 spiro atoms. The van der Waals surface area contributed by atoms with Crippen molar-refractivity contribution in [2.75, 3.05) is 5.32 Å². The molecular formula is C20H17BrClN5O. The number of nitrogens with two attached hydrogens (primary N) is 1. The highest BCUT2D eigenvalue weighted by Gasteiger charge is 2.47. The van der Waals surface area contributed by atoms with Gasteiger partial charge in [0.25, 0.3) is 0 Å². The number of imidazole rings is 1. The number of rotatable bonds is 4. The van der Waals surface area contributed by atoms with Crippen molar-refractivity contribution in [3.8, 4) is 11.4 Å². The van der Waals surface area contributed by atoms with E-state index in [9.17, 15) is 4.79 Å². The molecule has 2 unspecified atom stereocenters. The van der Waals surface area contributed by atoms with E-state index in [2.05, 4.69) is 48.4 Å². The third-order valence-electron chi connectivity index (χ3n) is 5.69. The number of aromatic nitrogens is 3. The van der Waals surface area contributed by atoms with Gasteiger partial charge >= 0.3 is 0 Å². The van der Waals surface area contributed by atoms with Crippen molar-refractivity contribution in [1.82, 2.24) is 15.0 Å². The van der Waals surface area contributed by atoms with E-state index in [1.165, 1.54) is 0 Å². The van der Waals surface area contributed by atoms with Crippen molar-refractivity contribution in [1.29, 1.82) is 0 Å². The van der Waals surface area contributed by atoms with E-state index >= 15 is 0 Å². The molecule has 1 amide bonds. The molecule has 4 atom stereocenters. The number of carbonyl (C=O) groups excluding carboxylic acids is 1. The van der Waals surface area contributed by atoms with Crippen molar-refractivity contribution in [2.45, 2.75) is 12.5 Å². The predicted molar refractivity (Wildman–Crippen MR) is 113 cm³/mol. The smallest absolute Gasteiger partial charge is 0.223 e. The highest BCUT2D eigenvalue weighted by molar-refractivity contribution is 9.10. The lowest BCUT2D eigenvalue weighted by atomic mass is 9.88. The number of anilines is 1. The number of primary amides is 1. The summed E-state index contributed by atoms with van der Waals surface area (Å²) in [5.41, 5.74) is 8.85. The van der Waals surface area contributed by atoms with Gasteiger partial charge in [-0.3, -0.25) is 4.79 Å². The SMILES string of the molecule is NC(=O)C1C(Nc2c(Br)cnc3nc(-c4ccc(Cl)cc4)[nH]c23)[C@H]2C=C[C@@H]1C2. The summed E-state index contributed by atoms with van der Waals surface area (Å²) < 4.78 is 0.807. The molecular weight excluding hydrogens is 442 g/mol. The molecule has 1 fully saturated rings. The van der Waals surface area contributed by atoms with E-state index in [1.54, 1.807) is 6.20 Å². The monoisotopic (exact) mass is 457 g/mol. The van der Waals surface area contributed by atoms with Crippen LogP contribution in [-0.4, -0.2) is 26.9 Å². The van der Waals surface area contributed by atoms with Gasteiger partial charge in [-0.15, -0.1) is 0 Å². The van der Waals surface area contributed by atoms with Crippen molar-refractivity contribution >= 4 is 50.3 Å². The number of allylic oxidation sites excluding steroid dienone is 1. The van der Waals surface area contributed by atoms with Crippen LogP contribution in [0.5, 0.6) is 0 Å². The summed E-state index contributed by atoms with van der Waals surface area (Å²) >= 11 is 9.57. The van der Waals surface area contributed by atoms with Crippen LogP contribution < -0.4 is 11.1 Å². The summed E-state index contributed by atoms with van der Waals surface area (Å²) in [6.45, 7) is 0. The number of amides is 1.